The quantitative estimate of drug-likeness (QED) is 0.847. The van der Waals surface area contributed by atoms with Crippen molar-refractivity contribution < 1.29 is 9.90 Å². The maximum absolute atomic E-state index is 12.3. The molecule has 1 heterocycles. The fraction of sp³-hybridized carbons (Fsp3) is 0.133. The molecule has 1 aliphatic rings. The van der Waals surface area contributed by atoms with E-state index in [1.807, 2.05) is 18.2 Å². The van der Waals surface area contributed by atoms with Gasteiger partial charge >= 0.3 is 0 Å². The smallest absolute Gasteiger partial charge is 0.258 e. The highest BCUT2D eigenvalue weighted by Gasteiger charge is 2.48. The third-order valence-corrected chi connectivity index (χ3v) is 3.53. The van der Waals surface area contributed by atoms with Crippen LogP contribution in [0.25, 0.3) is 0 Å². The molecule has 1 aliphatic heterocycles. The minimum atomic E-state index is -1.48. The third-order valence-electron chi connectivity index (χ3n) is 3.53. The van der Waals surface area contributed by atoms with Crippen LogP contribution in [0.1, 0.15) is 21.5 Å². The summed E-state index contributed by atoms with van der Waals surface area (Å²) in [6.45, 7) is -0.0428. The van der Waals surface area contributed by atoms with E-state index in [1.54, 1.807) is 36.4 Å². The lowest BCUT2D eigenvalue weighted by molar-refractivity contribution is -0.0487. The zero-order chi connectivity index (χ0) is 13.5. The normalized spacial score (nSPS) is 21.6. The molecule has 0 aromatic heterocycles. The molecule has 19 heavy (non-hydrogen) atoms. The van der Waals surface area contributed by atoms with Crippen LogP contribution in [0.4, 0.5) is 0 Å². The van der Waals surface area contributed by atoms with Gasteiger partial charge in [-0.3, -0.25) is 9.69 Å². The van der Waals surface area contributed by atoms with E-state index in [0.29, 0.717) is 16.7 Å². The number of amides is 1. The van der Waals surface area contributed by atoms with Crippen LogP contribution in [-0.2, 0) is 5.72 Å². The molecule has 0 saturated heterocycles. The molecule has 1 unspecified atom stereocenters. The number of fused-ring (bicyclic) bond motifs is 1. The highest BCUT2D eigenvalue weighted by Crippen LogP contribution is 2.41. The number of nitrogens with zero attached hydrogens (tertiary/aromatic N) is 1. The van der Waals surface area contributed by atoms with Gasteiger partial charge < -0.3 is 10.8 Å². The Morgan fingerprint density at radius 2 is 1.68 bits per heavy atom. The van der Waals surface area contributed by atoms with Crippen molar-refractivity contribution in [2.45, 2.75) is 5.72 Å². The van der Waals surface area contributed by atoms with Gasteiger partial charge in [-0.25, -0.2) is 0 Å². The zero-order valence-corrected chi connectivity index (χ0v) is 10.3. The maximum Gasteiger partial charge on any atom is 0.258 e. The topological polar surface area (TPSA) is 66.6 Å². The number of benzene rings is 2. The summed E-state index contributed by atoms with van der Waals surface area (Å²) < 4.78 is 0. The minimum Gasteiger partial charge on any atom is -0.363 e. The molecule has 4 nitrogen and oxygen atoms in total. The second kappa shape index (κ2) is 4.19. The molecule has 4 heteroatoms. The predicted octanol–water partition coefficient (Wildman–Crippen LogP) is 1.25. The van der Waals surface area contributed by atoms with Crippen LogP contribution in [0.2, 0.25) is 0 Å². The van der Waals surface area contributed by atoms with Gasteiger partial charge in [0.05, 0.1) is 6.67 Å². The van der Waals surface area contributed by atoms with Gasteiger partial charge in [0.15, 0.2) is 5.72 Å². The summed E-state index contributed by atoms with van der Waals surface area (Å²) in [5.41, 5.74) is 5.90. The first-order chi connectivity index (χ1) is 9.19. The average Bonchev–Trinajstić information content (AvgIpc) is 2.70. The SMILES string of the molecule is NCN1C(=O)c2ccccc2C1(O)c1ccccc1. The highest BCUT2D eigenvalue weighted by molar-refractivity contribution is 6.00. The van der Waals surface area contributed by atoms with Crippen molar-refractivity contribution in [1.82, 2.24) is 4.90 Å². The van der Waals surface area contributed by atoms with Crippen molar-refractivity contribution in [3.05, 3.63) is 71.3 Å². The van der Waals surface area contributed by atoms with Crippen LogP contribution in [0.15, 0.2) is 54.6 Å². The van der Waals surface area contributed by atoms with E-state index in [1.165, 1.54) is 4.90 Å². The number of aliphatic hydroxyl groups is 1. The summed E-state index contributed by atoms with van der Waals surface area (Å²) in [7, 11) is 0. The number of hydrogen-bond acceptors (Lipinski definition) is 3. The molecule has 1 amide bonds. The van der Waals surface area contributed by atoms with Crippen LogP contribution in [0, 0.1) is 0 Å². The van der Waals surface area contributed by atoms with E-state index in [9.17, 15) is 9.90 Å². The highest BCUT2D eigenvalue weighted by atomic mass is 16.3. The largest absolute Gasteiger partial charge is 0.363 e. The molecule has 0 fully saturated rings. The lowest BCUT2D eigenvalue weighted by atomic mass is 9.94. The van der Waals surface area contributed by atoms with Gasteiger partial charge in [0, 0.05) is 16.7 Å². The van der Waals surface area contributed by atoms with E-state index in [4.69, 9.17) is 5.73 Å². The second-order valence-electron chi connectivity index (χ2n) is 4.50. The lowest BCUT2D eigenvalue weighted by Crippen LogP contribution is -2.47. The van der Waals surface area contributed by atoms with Gasteiger partial charge in [0.25, 0.3) is 5.91 Å². The standard InChI is InChI=1S/C15H14N2O2/c16-10-17-14(18)12-8-4-5-9-13(12)15(17,19)11-6-2-1-3-7-11/h1-9,19H,10,16H2. The number of carbonyl (C=O) groups is 1. The van der Waals surface area contributed by atoms with Crippen LogP contribution in [-0.4, -0.2) is 22.6 Å². The molecule has 3 N–H and O–H groups in total. The molecule has 2 aromatic rings. The fourth-order valence-electron chi connectivity index (χ4n) is 2.61. The van der Waals surface area contributed by atoms with Crippen LogP contribution in [0.5, 0.6) is 0 Å². The zero-order valence-electron chi connectivity index (χ0n) is 10.3. The molecule has 96 valence electrons. The van der Waals surface area contributed by atoms with Crippen molar-refractivity contribution in [3.63, 3.8) is 0 Å². The van der Waals surface area contributed by atoms with Gasteiger partial charge in [-0.1, -0.05) is 48.5 Å². The van der Waals surface area contributed by atoms with Crippen LogP contribution < -0.4 is 5.73 Å². The Labute approximate surface area is 111 Å². The number of hydrogen-bond donors (Lipinski definition) is 2. The van der Waals surface area contributed by atoms with Crippen LogP contribution in [0.3, 0.4) is 0 Å². The molecule has 2 aromatic carbocycles. The Morgan fingerprint density at radius 3 is 2.37 bits per heavy atom. The Balaban J connectivity index is 2.27. The summed E-state index contributed by atoms with van der Waals surface area (Å²) in [6, 6.07) is 16.2. The van der Waals surface area contributed by atoms with Gasteiger partial charge in [-0.05, 0) is 6.07 Å². The van der Waals surface area contributed by atoms with Crippen molar-refractivity contribution in [1.29, 1.82) is 0 Å². The fourth-order valence-corrected chi connectivity index (χ4v) is 2.61. The van der Waals surface area contributed by atoms with E-state index in [2.05, 4.69) is 0 Å². The summed E-state index contributed by atoms with van der Waals surface area (Å²) in [4.78, 5) is 13.6. The van der Waals surface area contributed by atoms with E-state index >= 15 is 0 Å². The molecule has 3 rings (SSSR count). The number of nitrogens with two attached hydrogens (primary N) is 1. The lowest BCUT2D eigenvalue weighted by Gasteiger charge is -2.33. The average molecular weight is 254 g/mol. The van der Waals surface area contributed by atoms with Crippen LogP contribution >= 0.6 is 0 Å². The van der Waals surface area contributed by atoms with E-state index in [-0.39, 0.29) is 12.6 Å². The predicted molar refractivity (Wildman–Crippen MR) is 71.1 cm³/mol. The molecule has 0 aliphatic carbocycles. The first-order valence-electron chi connectivity index (χ1n) is 6.09. The van der Waals surface area contributed by atoms with Gasteiger partial charge in [0.1, 0.15) is 0 Å². The van der Waals surface area contributed by atoms with Crippen molar-refractivity contribution in [3.8, 4) is 0 Å². The Bertz CT molecular complexity index is 627. The van der Waals surface area contributed by atoms with E-state index < -0.39 is 5.72 Å². The Morgan fingerprint density at radius 1 is 1.05 bits per heavy atom. The van der Waals surface area contributed by atoms with Gasteiger partial charge in [0.2, 0.25) is 0 Å². The number of rotatable bonds is 2. The monoisotopic (exact) mass is 254 g/mol. The van der Waals surface area contributed by atoms with Gasteiger partial charge in [-0.15, -0.1) is 0 Å². The minimum absolute atomic E-state index is 0.0428. The van der Waals surface area contributed by atoms with Gasteiger partial charge in [-0.2, -0.15) is 0 Å². The molecule has 1 atom stereocenters. The molecule has 0 saturated carbocycles. The van der Waals surface area contributed by atoms with Crippen molar-refractivity contribution in [2.24, 2.45) is 5.73 Å². The maximum atomic E-state index is 12.3. The van der Waals surface area contributed by atoms with Crippen molar-refractivity contribution >= 4 is 5.91 Å². The molecule has 0 spiro atoms. The first-order valence-corrected chi connectivity index (χ1v) is 6.09. The summed E-state index contributed by atoms with van der Waals surface area (Å²) in [5, 5.41) is 11.1. The molecular weight excluding hydrogens is 240 g/mol. The molecule has 0 bridgehead atoms. The Hall–Kier alpha value is -2.17. The summed E-state index contributed by atoms with van der Waals surface area (Å²) >= 11 is 0. The third kappa shape index (κ3) is 1.51. The van der Waals surface area contributed by atoms with Crippen molar-refractivity contribution in [2.75, 3.05) is 6.67 Å². The Kier molecular flexibility index (Phi) is 2.62. The summed E-state index contributed by atoms with van der Waals surface area (Å²) in [6.07, 6.45) is 0. The van der Waals surface area contributed by atoms with E-state index in [0.717, 1.165) is 0 Å². The molecular formula is C15H14N2O2. The molecule has 0 radical (unpaired) electrons. The first kappa shape index (κ1) is 11.9. The summed E-state index contributed by atoms with van der Waals surface area (Å²) in [5.74, 6) is -0.246. The second-order valence-corrected chi connectivity index (χ2v) is 4.50. The number of carbonyl (C=O) groups excluding carboxylic acids is 1.